The van der Waals surface area contributed by atoms with E-state index in [1.807, 2.05) is 0 Å². The maximum absolute atomic E-state index is 12.2. The van der Waals surface area contributed by atoms with Crippen molar-refractivity contribution in [3.63, 3.8) is 0 Å². The van der Waals surface area contributed by atoms with Crippen molar-refractivity contribution in [2.75, 3.05) is 24.3 Å². The summed E-state index contributed by atoms with van der Waals surface area (Å²) in [5, 5.41) is 14.1. The van der Waals surface area contributed by atoms with E-state index < -0.39 is 22.9 Å². The average Bonchev–Trinajstić information content (AvgIpc) is 2.62. The van der Waals surface area contributed by atoms with Crippen molar-refractivity contribution in [1.29, 1.82) is 0 Å². The molecule has 0 spiro atoms. The number of ether oxygens (including phenoxy) is 1. The zero-order chi connectivity index (χ0) is 20.1. The number of nitro benzene ring substituents is 1. The summed E-state index contributed by atoms with van der Waals surface area (Å²) in [5.74, 6) is -1.20. The van der Waals surface area contributed by atoms with Crippen LogP contribution in [0.25, 0.3) is 0 Å². The van der Waals surface area contributed by atoms with Crippen LogP contribution in [0, 0.1) is 10.1 Å². The van der Waals surface area contributed by atoms with Crippen LogP contribution in [0.4, 0.5) is 17.2 Å². The van der Waals surface area contributed by atoms with Crippen LogP contribution >= 0.6 is 11.6 Å². The first-order chi connectivity index (χ1) is 12.7. The summed E-state index contributed by atoms with van der Waals surface area (Å²) in [4.78, 5) is 40.4. The lowest BCUT2D eigenvalue weighted by Crippen LogP contribution is -2.30. The second-order valence-electron chi connectivity index (χ2n) is 5.75. The van der Waals surface area contributed by atoms with Crippen molar-refractivity contribution < 1.29 is 19.2 Å². The van der Waals surface area contributed by atoms with Gasteiger partial charge in [0.05, 0.1) is 15.5 Å². The topological polar surface area (TPSA) is 115 Å². The third-order valence-electron chi connectivity index (χ3n) is 3.52. The van der Waals surface area contributed by atoms with Gasteiger partial charge in [0.15, 0.2) is 6.10 Å². The van der Waals surface area contributed by atoms with Crippen molar-refractivity contribution in [2.45, 2.75) is 13.0 Å². The molecule has 1 N–H and O–H groups in total. The van der Waals surface area contributed by atoms with E-state index in [1.54, 1.807) is 25.1 Å². The van der Waals surface area contributed by atoms with E-state index in [0.29, 0.717) is 10.7 Å². The highest BCUT2D eigenvalue weighted by Crippen LogP contribution is 2.28. The van der Waals surface area contributed by atoms with Gasteiger partial charge >= 0.3 is 5.97 Å². The van der Waals surface area contributed by atoms with Crippen molar-refractivity contribution in [1.82, 2.24) is 4.98 Å². The van der Waals surface area contributed by atoms with Crippen molar-refractivity contribution in [3.05, 3.63) is 57.2 Å². The van der Waals surface area contributed by atoms with Crippen molar-refractivity contribution in [3.8, 4) is 0 Å². The predicted octanol–water partition coefficient (Wildman–Crippen LogP) is 2.89. The van der Waals surface area contributed by atoms with Crippen LogP contribution in [-0.4, -0.2) is 42.0 Å². The number of carbonyl (C=O) groups excluding carboxylic acids is 2. The number of hydrogen-bond acceptors (Lipinski definition) is 7. The minimum Gasteiger partial charge on any atom is -0.449 e. The summed E-state index contributed by atoms with van der Waals surface area (Å²) in [6.45, 7) is 1.38. The molecule has 1 aromatic carbocycles. The molecule has 9 nitrogen and oxygen atoms in total. The van der Waals surface area contributed by atoms with Gasteiger partial charge < -0.3 is 15.0 Å². The van der Waals surface area contributed by atoms with Crippen LogP contribution < -0.4 is 10.2 Å². The van der Waals surface area contributed by atoms with Gasteiger partial charge in [-0.3, -0.25) is 14.9 Å². The Morgan fingerprint density at radius 2 is 2.00 bits per heavy atom. The van der Waals surface area contributed by atoms with E-state index >= 15 is 0 Å². The van der Waals surface area contributed by atoms with Crippen LogP contribution in [0.2, 0.25) is 5.02 Å². The monoisotopic (exact) mass is 392 g/mol. The predicted molar refractivity (Wildman–Crippen MR) is 100 cm³/mol. The first-order valence-electron chi connectivity index (χ1n) is 7.78. The van der Waals surface area contributed by atoms with E-state index in [2.05, 4.69) is 10.3 Å². The number of halogens is 1. The summed E-state index contributed by atoms with van der Waals surface area (Å²) in [6, 6.07) is 7.00. The minimum atomic E-state index is -1.14. The van der Waals surface area contributed by atoms with Gasteiger partial charge in [0.1, 0.15) is 11.5 Å². The summed E-state index contributed by atoms with van der Waals surface area (Å²) in [7, 11) is 3.30. The number of carbonyl (C=O) groups is 2. The Bertz CT molecular complexity index is 870. The fourth-order valence-corrected chi connectivity index (χ4v) is 2.25. The number of anilines is 2. The molecule has 142 valence electrons. The number of nitrogens with zero attached hydrogens (tertiary/aromatic N) is 3. The Labute approximate surface area is 160 Å². The van der Waals surface area contributed by atoms with Crippen molar-refractivity contribution in [2.24, 2.45) is 0 Å². The van der Waals surface area contributed by atoms with E-state index in [0.717, 1.165) is 6.07 Å². The second kappa shape index (κ2) is 8.45. The van der Waals surface area contributed by atoms with Gasteiger partial charge in [-0.15, -0.1) is 0 Å². The second-order valence-corrected chi connectivity index (χ2v) is 6.19. The maximum atomic E-state index is 12.2. The molecule has 1 aromatic heterocycles. The lowest BCUT2D eigenvalue weighted by atomic mass is 10.1. The highest BCUT2D eigenvalue weighted by Gasteiger charge is 2.23. The van der Waals surface area contributed by atoms with E-state index in [-0.39, 0.29) is 17.1 Å². The maximum Gasteiger partial charge on any atom is 0.339 e. The SMILES string of the molecule is C[C@@H](OC(=O)c1ccc(N(C)C)c([N+](=O)[O-])c1)C(=O)Nc1ccc(Cl)cn1. The lowest BCUT2D eigenvalue weighted by molar-refractivity contribution is -0.384. The van der Waals surface area contributed by atoms with Gasteiger partial charge in [-0.05, 0) is 31.2 Å². The number of pyridine rings is 1. The number of esters is 1. The number of benzene rings is 1. The Balaban J connectivity index is 2.09. The molecule has 2 rings (SSSR count). The molecule has 2 aromatic rings. The molecule has 0 radical (unpaired) electrons. The Hall–Kier alpha value is -3.20. The third kappa shape index (κ3) is 5.14. The first-order valence-corrected chi connectivity index (χ1v) is 8.16. The molecular weight excluding hydrogens is 376 g/mol. The number of amides is 1. The molecule has 0 aliphatic carbocycles. The molecule has 0 saturated carbocycles. The highest BCUT2D eigenvalue weighted by atomic mass is 35.5. The van der Waals surface area contributed by atoms with Crippen molar-refractivity contribution >= 4 is 40.7 Å². The molecule has 0 saturated heterocycles. The number of hydrogen-bond donors (Lipinski definition) is 1. The molecule has 27 heavy (non-hydrogen) atoms. The number of nitrogens with one attached hydrogen (secondary N) is 1. The molecule has 10 heteroatoms. The first kappa shape index (κ1) is 20.1. The minimum absolute atomic E-state index is 0.0310. The Morgan fingerprint density at radius 1 is 1.30 bits per heavy atom. The van der Waals surface area contributed by atoms with Gasteiger partial charge in [-0.25, -0.2) is 9.78 Å². The zero-order valence-electron chi connectivity index (χ0n) is 14.8. The summed E-state index contributed by atoms with van der Waals surface area (Å²) in [6.07, 6.45) is 0.224. The van der Waals surface area contributed by atoms with Crippen LogP contribution in [-0.2, 0) is 9.53 Å². The number of rotatable bonds is 6. The smallest absolute Gasteiger partial charge is 0.339 e. The largest absolute Gasteiger partial charge is 0.449 e. The normalized spacial score (nSPS) is 11.4. The van der Waals surface area contributed by atoms with Crippen LogP contribution in [0.3, 0.4) is 0 Å². The molecular formula is C17H17ClN4O5. The summed E-state index contributed by atoms with van der Waals surface area (Å²) < 4.78 is 5.09. The molecule has 1 atom stereocenters. The highest BCUT2D eigenvalue weighted by molar-refractivity contribution is 6.30. The summed E-state index contributed by atoms with van der Waals surface area (Å²) in [5.41, 5.74) is 0.0737. The van der Waals surface area contributed by atoms with Crippen LogP contribution in [0.15, 0.2) is 36.5 Å². The Kier molecular flexibility index (Phi) is 6.30. The van der Waals surface area contributed by atoms with Crippen LogP contribution in [0.1, 0.15) is 17.3 Å². The van der Waals surface area contributed by atoms with E-state index in [4.69, 9.17) is 16.3 Å². The molecule has 0 bridgehead atoms. The molecule has 0 aliphatic heterocycles. The van der Waals surface area contributed by atoms with Gasteiger partial charge in [0.25, 0.3) is 11.6 Å². The fourth-order valence-electron chi connectivity index (χ4n) is 2.13. The lowest BCUT2D eigenvalue weighted by Gasteiger charge is -2.15. The van der Waals surface area contributed by atoms with Crippen LogP contribution in [0.5, 0.6) is 0 Å². The molecule has 0 aliphatic rings. The van der Waals surface area contributed by atoms with E-state index in [9.17, 15) is 19.7 Å². The average molecular weight is 393 g/mol. The molecule has 1 amide bonds. The van der Waals surface area contributed by atoms with Gasteiger partial charge in [-0.2, -0.15) is 0 Å². The quantitative estimate of drug-likeness (QED) is 0.456. The summed E-state index contributed by atoms with van der Waals surface area (Å²) >= 11 is 5.72. The zero-order valence-corrected chi connectivity index (χ0v) is 15.6. The number of aromatic nitrogens is 1. The number of nitro groups is 1. The fraction of sp³-hybridized carbons (Fsp3) is 0.235. The molecule has 1 heterocycles. The van der Waals surface area contributed by atoms with Gasteiger partial charge in [0.2, 0.25) is 0 Å². The van der Waals surface area contributed by atoms with E-state index in [1.165, 1.54) is 31.3 Å². The molecule has 0 fully saturated rings. The standard InChI is InChI=1S/C17H17ClN4O5/c1-10(16(23)20-15-7-5-12(18)9-19-15)27-17(24)11-4-6-13(21(2)3)14(8-11)22(25)26/h4-10H,1-3H3,(H,19,20,23)/t10-/m1/s1. The van der Waals surface area contributed by atoms with Gasteiger partial charge in [-0.1, -0.05) is 11.6 Å². The molecule has 0 unspecified atom stereocenters. The Morgan fingerprint density at radius 3 is 2.56 bits per heavy atom. The van der Waals surface area contributed by atoms with Gasteiger partial charge in [0, 0.05) is 26.4 Å². The third-order valence-corrected chi connectivity index (χ3v) is 3.74.